The molecule has 0 spiro atoms. The molecule has 0 bridgehead atoms. The van der Waals surface area contributed by atoms with Crippen LogP contribution in [0, 0.1) is 5.82 Å². The van der Waals surface area contributed by atoms with Crippen molar-refractivity contribution in [1.29, 1.82) is 0 Å². The predicted molar refractivity (Wildman–Crippen MR) is 80.0 cm³/mol. The molecule has 19 heavy (non-hydrogen) atoms. The van der Waals surface area contributed by atoms with E-state index in [0.29, 0.717) is 0 Å². The molecule has 0 amide bonds. The van der Waals surface area contributed by atoms with Crippen molar-refractivity contribution in [3.05, 3.63) is 54.3 Å². The number of fused-ring (bicyclic) bond motifs is 1. The molecule has 3 aromatic rings. The Balaban J connectivity index is 0.000000408. The van der Waals surface area contributed by atoms with Crippen molar-refractivity contribution in [2.75, 3.05) is 14.1 Å². The Morgan fingerprint density at radius 3 is 2.42 bits per heavy atom. The molecule has 2 nitrogen and oxygen atoms in total. The van der Waals surface area contributed by atoms with Crippen molar-refractivity contribution >= 4 is 21.6 Å². The standard InChI is InChI=1S/C13H8FNS.C2H7N/c14-10-6-7-11-12(8-10)16-13(15-11)9-4-2-1-3-5-9;1-3-2/h1-8H;3H,1-2H3. The van der Waals surface area contributed by atoms with Crippen molar-refractivity contribution in [1.82, 2.24) is 10.3 Å². The maximum absolute atomic E-state index is 13.0. The summed E-state index contributed by atoms with van der Waals surface area (Å²) in [5.74, 6) is -0.212. The molecule has 0 atom stereocenters. The molecule has 0 aliphatic rings. The first-order chi connectivity index (χ1) is 9.24. The van der Waals surface area contributed by atoms with Crippen LogP contribution in [-0.2, 0) is 0 Å². The third kappa shape index (κ3) is 3.36. The van der Waals surface area contributed by atoms with Crippen LogP contribution in [0.3, 0.4) is 0 Å². The molecule has 0 saturated carbocycles. The lowest BCUT2D eigenvalue weighted by atomic mass is 10.2. The first kappa shape index (κ1) is 13.6. The summed E-state index contributed by atoms with van der Waals surface area (Å²) in [6.07, 6.45) is 0. The minimum atomic E-state index is -0.212. The highest BCUT2D eigenvalue weighted by Gasteiger charge is 2.05. The number of nitrogens with one attached hydrogen (secondary N) is 1. The molecule has 3 rings (SSSR count). The molecule has 0 fully saturated rings. The smallest absolute Gasteiger partial charge is 0.124 e. The largest absolute Gasteiger partial charge is 0.323 e. The predicted octanol–water partition coefficient (Wildman–Crippen LogP) is 3.94. The Morgan fingerprint density at radius 2 is 1.74 bits per heavy atom. The fourth-order valence-corrected chi connectivity index (χ4v) is 2.60. The van der Waals surface area contributed by atoms with E-state index >= 15 is 0 Å². The number of halogens is 1. The Bertz CT molecular complexity index is 650. The summed E-state index contributed by atoms with van der Waals surface area (Å²) >= 11 is 1.51. The van der Waals surface area contributed by atoms with Crippen LogP contribution in [0.15, 0.2) is 48.5 Å². The molecule has 0 saturated heterocycles. The van der Waals surface area contributed by atoms with E-state index in [2.05, 4.69) is 10.3 Å². The van der Waals surface area contributed by atoms with Gasteiger partial charge >= 0.3 is 0 Å². The fraction of sp³-hybridized carbons (Fsp3) is 0.133. The van der Waals surface area contributed by atoms with E-state index in [1.54, 1.807) is 6.07 Å². The van der Waals surface area contributed by atoms with Gasteiger partial charge in [-0.15, -0.1) is 11.3 Å². The van der Waals surface area contributed by atoms with Gasteiger partial charge in [0.05, 0.1) is 10.2 Å². The highest BCUT2D eigenvalue weighted by Crippen LogP contribution is 2.30. The number of nitrogens with zero attached hydrogens (tertiary/aromatic N) is 1. The van der Waals surface area contributed by atoms with Crippen LogP contribution >= 0.6 is 11.3 Å². The molecule has 1 heterocycles. The quantitative estimate of drug-likeness (QED) is 0.727. The Hall–Kier alpha value is -1.78. The molecule has 1 N–H and O–H groups in total. The van der Waals surface area contributed by atoms with Gasteiger partial charge in [0.25, 0.3) is 0 Å². The lowest BCUT2D eigenvalue weighted by Gasteiger charge is -1.92. The van der Waals surface area contributed by atoms with Gasteiger partial charge in [-0.2, -0.15) is 0 Å². The second-order valence-electron chi connectivity index (χ2n) is 4.00. The average molecular weight is 274 g/mol. The third-order valence-corrected chi connectivity index (χ3v) is 3.44. The number of thiazole rings is 1. The van der Waals surface area contributed by atoms with E-state index in [-0.39, 0.29) is 5.82 Å². The molecule has 4 heteroatoms. The number of hydrogen-bond acceptors (Lipinski definition) is 3. The third-order valence-electron chi connectivity index (χ3n) is 2.37. The van der Waals surface area contributed by atoms with Gasteiger partial charge in [-0.3, -0.25) is 0 Å². The maximum Gasteiger partial charge on any atom is 0.124 e. The fourth-order valence-electron chi connectivity index (χ4n) is 1.60. The van der Waals surface area contributed by atoms with Crippen molar-refractivity contribution in [3.8, 4) is 10.6 Å². The summed E-state index contributed by atoms with van der Waals surface area (Å²) in [6, 6.07) is 14.6. The monoisotopic (exact) mass is 274 g/mol. The Morgan fingerprint density at radius 1 is 1.05 bits per heavy atom. The summed E-state index contributed by atoms with van der Waals surface area (Å²) in [5, 5.41) is 3.68. The zero-order valence-electron chi connectivity index (χ0n) is 10.9. The molecule has 98 valence electrons. The van der Waals surface area contributed by atoms with E-state index in [1.807, 2.05) is 44.4 Å². The lowest BCUT2D eigenvalue weighted by Crippen LogP contribution is -1.89. The van der Waals surface area contributed by atoms with Gasteiger partial charge in [-0.05, 0) is 32.3 Å². The molecule has 1 aromatic heterocycles. The summed E-state index contributed by atoms with van der Waals surface area (Å²) in [4.78, 5) is 4.48. The molecule has 0 aliphatic heterocycles. The topological polar surface area (TPSA) is 24.9 Å². The summed E-state index contributed by atoms with van der Waals surface area (Å²) < 4.78 is 13.9. The van der Waals surface area contributed by atoms with Crippen molar-refractivity contribution in [3.63, 3.8) is 0 Å². The maximum atomic E-state index is 13.0. The first-order valence-electron chi connectivity index (χ1n) is 5.94. The van der Waals surface area contributed by atoms with Gasteiger partial charge in [0.1, 0.15) is 10.8 Å². The lowest BCUT2D eigenvalue weighted by molar-refractivity contribution is 0.630. The van der Waals surface area contributed by atoms with E-state index in [4.69, 9.17) is 0 Å². The normalized spacial score (nSPS) is 10.1. The van der Waals surface area contributed by atoms with Crippen LogP contribution in [0.4, 0.5) is 4.39 Å². The van der Waals surface area contributed by atoms with Gasteiger partial charge in [0.15, 0.2) is 0 Å². The number of benzene rings is 2. The van der Waals surface area contributed by atoms with Gasteiger partial charge in [0, 0.05) is 5.56 Å². The van der Waals surface area contributed by atoms with E-state index < -0.39 is 0 Å². The molecular formula is C15H15FN2S. The van der Waals surface area contributed by atoms with Crippen LogP contribution in [0.5, 0.6) is 0 Å². The van der Waals surface area contributed by atoms with E-state index in [0.717, 1.165) is 20.8 Å². The highest BCUT2D eigenvalue weighted by molar-refractivity contribution is 7.21. The zero-order chi connectivity index (χ0) is 13.7. The second-order valence-corrected chi connectivity index (χ2v) is 5.03. The van der Waals surface area contributed by atoms with Crippen molar-refractivity contribution in [2.24, 2.45) is 0 Å². The minimum absolute atomic E-state index is 0.212. The van der Waals surface area contributed by atoms with Crippen molar-refractivity contribution in [2.45, 2.75) is 0 Å². The van der Waals surface area contributed by atoms with Crippen molar-refractivity contribution < 1.29 is 4.39 Å². The van der Waals surface area contributed by atoms with Crippen LogP contribution in [0.25, 0.3) is 20.8 Å². The van der Waals surface area contributed by atoms with E-state index in [1.165, 1.54) is 23.5 Å². The van der Waals surface area contributed by atoms with Gasteiger partial charge in [0.2, 0.25) is 0 Å². The molecular weight excluding hydrogens is 259 g/mol. The van der Waals surface area contributed by atoms with Crippen LogP contribution in [-0.4, -0.2) is 19.1 Å². The summed E-state index contributed by atoms with van der Waals surface area (Å²) in [6.45, 7) is 0. The van der Waals surface area contributed by atoms with Gasteiger partial charge in [-0.25, -0.2) is 9.37 Å². The molecule has 2 aromatic carbocycles. The SMILES string of the molecule is CNC.Fc1ccc2nc(-c3ccccc3)sc2c1. The molecule has 0 aliphatic carbocycles. The first-order valence-corrected chi connectivity index (χ1v) is 6.76. The molecule has 0 unspecified atom stereocenters. The summed E-state index contributed by atoms with van der Waals surface area (Å²) in [7, 11) is 3.75. The van der Waals surface area contributed by atoms with Gasteiger partial charge < -0.3 is 5.32 Å². The van der Waals surface area contributed by atoms with Crippen LogP contribution in [0.2, 0.25) is 0 Å². The molecule has 0 radical (unpaired) electrons. The van der Waals surface area contributed by atoms with Gasteiger partial charge in [-0.1, -0.05) is 30.3 Å². The van der Waals surface area contributed by atoms with E-state index in [9.17, 15) is 4.39 Å². The Labute approximate surface area is 115 Å². The number of aromatic nitrogens is 1. The number of hydrogen-bond donors (Lipinski definition) is 1. The van der Waals surface area contributed by atoms with Crippen LogP contribution < -0.4 is 5.32 Å². The Kier molecular flexibility index (Phi) is 4.60. The average Bonchev–Trinajstić information content (AvgIpc) is 2.83. The van der Waals surface area contributed by atoms with Crippen LogP contribution in [0.1, 0.15) is 0 Å². The highest BCUT2D eigenvalue weighted by atomic mass is 32.1. The second kappa shape index (κ2) is 6.41. The minimum Gasteiger partial charge on any atom is -0.323 e. The summed E-state index contributed by atoms with van der Waals surface area (Å²) in [5.41, 5.74) is 1.93. The number of rotatable bonds is 1. The zero-order valence-corrected chi connectivity index (χ0v) is 11.7.